The van der Waals surface area contributed by atoms with Crippen molar-refractivity contribution < 1.29 is 4.79 Å². The van der Waals surface area contributed by atoms with Crippen LogP contribution in [-0.2, 0) is 0 Å². The second-order valence-corrected chi connectivity index (χ2v) is 7.71. The van der Waals surface area contributed by atoms with E-state index in [-0.39, 0.29) is 11.9 Å². The van der Waals surface area contributed by atoms with Gasteiger partial charge in [-0.05, 0) is 56.5 Å². The molecule has 2 unspecified atom stereocenters. The first-order valence-electron chi connectivity index (χ1n) is 10.5. The van der Waals surface area contributed by atoms with E-state index in [9.17, 15) is 4.79 Å². The van der Waals surface area contributed by atoms with Gasteiger partial charge in [0.05, 0.1) is 22.4 Å². The van der Waals surface area contributed by atoms with Crippen LogP contribution in [0.1, 0.15) is 54.7 Å². The minimum absolute atomic E-state index is 0.0141. The van der Waals surface area contributed by atoms with Crippen molar-refractivity contribution in [3.8, 4) is 0 Å². The number of anilines is 2. The number of carbonyl (C=O) groups excluding carboxylic acids is 1. The summed E-state index contributed by atoms with van der Waals surface area (Å²) in [6, 6.07) is 14.1. The lowest BCUT2D eigenvalue weighted by Gasteiger charge is -2.28. The molecule has 1 aromatic heterocycles. The van der Waals surface area contributed by atoms with Gasteiger partial charge in [-0.2, -0.15) is 0 Å². The molecule has 1 aliphatic rings. The van der Waals surface area contributed by atoms with Gasteiger partial charge in [0.2, 0.25) is 0 Å². The maximum Gasteiger partial charge on any atom is 0.251 e. The summed E-state index contributed by atoms with van der Waals surface area (Å²) >= 11 is 0. The number of rotatable bonds is 6. The molecule has 6 nitrogen and oxygen atoms in total. The van der Waals surface area contributed by atoms with Crippen LogP contribution in [-0.4, -0.2) is 35.5 Å². The number of benzene rings is 2. The second-order valence-electron chi connectivity index (χ2n) is 7.71. The van der Waals surface area contributed by atoms with Gasteiger partial charge in [-0.1, -0.05) is 18.6 Å². The molecule has 6 heteroatoms. The monoisotopic (exact) mass is 391 g/mol. The highest BCUT2D eigenvalue weighted by atomic mass is 16.1. The smallest absolute Gasteiger partial charge is 0.251 e. The molecule has 2 aromatic carbocycles. The summed E-state index contributed by atoms with van der Waals surface area (Å²) in [4.78, 5) is 21.1. The molecule has 0 aliphatic heterocycles. The van der Waals surface area contributed by atoms with Gasteiger partial charge in [-0.25, -0.2) is 4.98 Å². The Hall–Kier alpha value is -3.02. The van der Waals surface area contributed by atoms with E-state index in [4.69, 9.17) is 4.98 Å². The van der Waals surface area contributed by atoms with Crippen LogP contribution < -0.4 is 16.0 Å². The van der Waals surface area contributed by atoms with E-state index in [0.717, 1.165) is 60.5 Å². The van der Waals surface area contributed by atoms with Gasteiger partial charge in [0, 0.05) is 31.1 Å². The highest BCUT2D eigenvalue weighted by Crippen LogP contribution is 2.32. The maximum atomic E-state index is 12.9. The summed E-state index contributed by atoms with van der Waals surface area (Å²) in [7, 11) is 1.87. The summed E-state index contributed by atoms with van der Waals surface area (Å²) in [6.07, 6.45) is 4.12. The number of amides is 1. The zero-order chi connectivity index (χ0) is 20.2. The molecule has 4 N–H and O–H groups in total. The third kappa shape index (κ3) is 4.21. The number of H-pyrrole nitrogens is 1. The Kier molecular flexibility index (Phi) is 5.69. The molecule has 1 saturated carbocycles. The summed E-state index contributed by atoms with van der Waals surface area (Å²) in [5, 5.41) is 9.71. The molecule has 1 fully saturated rings. The van der Waals surface area contributed by atoms with Crippen LogP contribution in [0.3, 0.4) is 0 Å². The van der Waals surface area contributed by atoms with Crippen molar-refractivity contribution in [1.29, 1.82) is 0 Å². The highest BCUT2D eigenvalue weighted by Gasteiger charge is 2.27. The first kappa shape index (κ1) is 19.3. The van der Waals surface area contributed by atoms with Crippen molar-refractivity contribution >= 4 is 28.3 Å². The lowest BCUT2D eigenvalue weighted by atomic mass is 9.85. The Morgan fingerprint density at radius 2 is 2.03 bits per heavy atom. The number of para-hydroxylation sites is 2. The van der Waals surface area contributed by atoms with Gasteiger partial charge in [0.15, 0.2) is 0 Å². The lowest BCUT2D eigenvalue weighted by molar-refractivity contribution is 0.0924. The SMILES string of the molecule is CCNc1ccc(C(=O)NC2CCCC(c3nc4ccccc4[nH]3)C2)cc1NC. The number of aromatic nitrogens is 2. The summed E-state index contributed by atoms with van der Waals surface area (Å²) in [5.41, 5.74) is 4.71. The summed E-state index contributed by atoms with van der Waals surface area (Å²) < 4.78 is 0. The fourth-order valence-electron chi connectivity index (χ4n) is 4.24. The summed E-state index contributed by atoms with van der Waals surface area (Å²) in [5.74, 6) is 1.38. The largest absolute Gasteiger partial charge is 0.386 e. The maximum absolute atomic E-state index is 12.9. The predicted molar refractivity (Wildman–Crippen MR) is 119 cm³/mol. The van der Waals surface area contributed by atoms with Crippen molar-refractivity contribution in [1.82, 2.24) is 15.3 Å². The number of imidazole rings is 1. The number of nitrogens with one attached hydrogen (secondary N) is 4. The van der Waals surface area contributed by atoms with Crippen LogP contribution in [0.4, 0.5) is 11.4 Å². The number of hydrogen-bond donors (Lipinski definition) is 4. The Labute approximate surface area is 171 Å². The molecule has 1 aliphatic carbocycles. The van der Waals surface area contributed by atoms with Gasteiger partial charge in [-0.15, -0.1) is 0 Å². The molecule has 4 rings (SSSR count). The number of nitrogens with zero attached hydrogens (tertiary/aromatic N) is 1. The first-order valence-corrected chi connectivity index (χ1v) is 10.5. The number of carbonyl (C=O) groups is 1. The van der Waals surface area contributed by atoms with E-state index in [1.54, 1.807) is 0 Å². The molecule has 3 aromatic rings. The van der Waals surface area contributed by atoms with E-state index in [1.165, 1.54) is 0 Å². The van der Waals surface area contributed by atoms with E-state index >= 15 is 0 Å². The van der Waals surface area contributed by atoms with Crippen LogP contribution in [0.25, 0.3) is 11.0 Å². The molecule has 0 bridgehead atoms. The van der Waals surface area contributed by atoms with Crippen LogP contribution in [0.15, 0.2) is 42.5 Å². The minimum atomic E-state index is -0.0141. The first-order chi connectivity index (χ1) is 14.2. The fourth-order valence-corrected chi connectivity index (χ4v) is 4.24. The van der Waals surface area contributed by atoms with E-state index in [0.29, 0.717) is 11.5 Å². The second kappa shape index (κ2) is 8.55. The molecule has 0 spiro atoms. The zero-order valence-corrected chi connectivity index (χ0v) is 17.1. The molecule has 0 radical (unpaired) electrons. The Morgan fingerprint density at radius 1 is 1.17 bits per heavy atom. The normalized spacial score (nSPS) is 19.1. The van der Waals surface area contributed by atoms with Crippen LogP contribution in [0.2, 0.25) is 0 Å². The van der Waals surface area contributed by atoms with Crippen LogP contribution in [0.5, 0.6) is 0 Å². The molecule has 0 saturated heterocycles. The van der Waals surface area contributed by atoms with Gasteiger partial charge in [0.1, 0.15) is 5.82 Å². The standard InChI is InChI=1S/C23H29N5O/c1-3-25-18-12-11-16(14-21(18)24-2)23(29)26-17-8-6-7-15(13-17)22-27-19-9-4-5-10-20(19)28-22/h4-5,9-12,14-15,17,24-25H,3,6-8,13H2,1-2H3,(H,26,29)(H,27,28). The Morgan fingerprint density at radius 3 is 2.83 bits per heavy atom. The van der Waals surface area contributed by atoms with Gasteiger partial charge in [-0.3, -0.25) is 4.79 Å². The third-order valence-corrected chi connectivity index (χ3v) is 5.72. The molecule has 1 heterocycles. The van der Waals surface area contributed by atoms with Gasteiger partial charge in [0.25, 0.3) is 5.91 Å². The number of aromatic amines is 1. The summed E-state index contributed by atoms with van der Waals surface area (Å²) in [6.45, 7) is 2.90. The lowest BCUT2D eigenvalue weighted by Crippen LogP contribution is -2.38. The number of fused-ring (bicyclic) bond motifs is 1. The van der Waals surface area contributed by atoms with E-state index < -0.39 is 0 Å². The van der Waals surface area contributed by atoms with Crippen molar-refractivity contribution in [3.63, 3.8) is 0 Å². The Balaban J connectivity index is 1.44. The highest BCUT2D eigenvalue weighted by molar-refractivity contribution is 5.96. The van der Waals surface area contributed by atoms with Crippen molar-refractivity contribution in [2.75, 3.05) is 24.2 Å². The third-order valence-electron chi connectivity index (χ3n) is 5.72. The number of hydrogen-bond acceptors (Lipinski definition) is 4. The predicted octanol–water partition coefficient (Wildman–Crippen LogP) is 4.49. The van der Waals surface area contributed by atoms with Crippen molar-refractivity contribution in [2.24, 2.45) is 0 Å². The van der Waals surface area contributed by atoms with Crippen LogP contribution in [0, 0.1) is 0 Å². The van der Waals surface area contributed by atoms with Crippen molar-refractivity contribution in [3.05, 3.63) is 53.9 Å². The Bertz CT molecular complexity index is 963. The quantitative estimate of drug-likeness (QED) is 0.499. The molecule has 29 heavy (non-hydrogen) atoms. The van der Waals surface area contributed by atoms with Gasteiger partial charge >= 0.3 is 0 Å². The molecule has 2 atom stereocenters. The minimum Gasteiger partial charge on any atom is -0.386 e. The average Bonchev–Trinajstić information content (AvgIpc) is 3.19. The van der Waals surface area contributed by atoms with E-state index in [1.807, 2.05) is 43.4 Å². The molecule has 152 valence electrons. The van der Waals surface area contributed by atoms with Crippen molar-refractivity contribution in [2.45, 2.75) is 44.6 Å². The van der Waals surface area contributed by atoms with Gasteiger partial charge < -0.3 is 20.9 Å². The molecule has 1 amide bonds. The molecular weight excluding hydrogens is 362 g/mol. The topological polar surface area (TPSA) is 81.8 Å². The van der Waals surface area contributed by atoms with Crippen LogP contribution >= 0.6 is 0 Å². The van der Waals surface area contributed by atoms with E-state index in [2.05, 4.69) is 33.9 Å². The molecular formula is C23H29N5O. The fraction of sp³-hybridized carbons (Fsp3) is 0.391. The zero-order valence-electron chi connectivity index (χ0n) is 17.1. The average molecular weight is 392 g/mol.